The molecule has 92 valence electrons. The Morgan fingerprint density at radius 3 is 2.83 bits per heavy atom. The van der Waals surface area contributed by atoms with Crippen molar-refractivity contribution in [2.75, 3.05) is 6.61 Å². The number of nitrogens with zero attached hydrogens (tertiary/aromatic N) is 2. The molecule has 0 amide bonds. The summed E-state index contributed by atoms with van der Waals surface area (Å²) in [4.78, 5) is 11.8. The third kappa shape index (κ3) is 2.27. The van der Waals surface area contributed by atoms with Crippen molar-refractivity contribution in [3.05, 3.63) is 46.1 Å². The van der Waals surface area contributed by atoms with Gasteiger partial charge in [-0.25, -0.2) is 4.79 Å². The maximum atomic E-state index is 11.8. The smallest absolute Gasteiger partial charge is 0.332 e. The Balaban J connectivity index is 2.44. The van der Waals surface area contributed by atoms with Gasteiger partial charge in [0.05, 0.1) is 10.7 Å². The van der Waals surface area contributed by atoms with Gasteiger partial charge in [-0.3, -0.25) is 4.57 Å². The quantitative estimate of drug-likeness (QED) is 0.792. The number of terminal acetylenes is 1. The van der Waals surface area contributed by atoms with Crippen LogP contribution < -0.4 is 10.4 Å². The molecule has 1 heterocycles. The van der Waals surface area contributed by atoms with E-state index in [0.717, 1.165) is 0 Å². The van der Waals surface area contributed by atoms with E-state index in [2.05, 4.69) is 5.92 Å². The number of aryl methyl sites for hydroxylation is 1. The molecule has 18 heavy (non-hydrogen) atoms. The molecule has 2 rings (SSSR count). The number of aromatic nitrogens is 2. The fourth-order valence-corrected chi connectivity index (χ4v) is 1.70. The first-order valence-electron chi connectivity index (χ1n) is 5.23. The topological polar surface area (TPSA) is 36.2 Å². The lowest BCUT2D eigenvalue weighted by atomic mass is 10.3. The summed E-state index contributed by atoms with van der Waals surface area (Å²) in [6.45, 7) is 0.132. The second kappa shape index (κ2) is 5.03. The van der Waals surface area contributed by atoms with E-state index >= 15 is 0 Å². The van der Waals surface area contributed by atoms with Gasteiger partial charge in [0.15, 0.2) is 0 Å². The van der Waals surface area contributed by atoms with Crippen LogP contribution in [-0.2, 0) is 7.05 Å². The minimum Gasteiger partial charge on any atom is -0.479 e. The lowest BCUT2D eigenvalue weighted by Gasteiger charge is -2.07. The van der Waals surface area contributed by atoms with Gasteiger partial charge in [0.1, 0.15) is 12.4 Å². The van der Waals surface area contributed by atoms with Crippen LogP contribution in [0.2, 0.25) is 5.02 Å². The highest BCUT2D eigenvalue weighted by Crippen LogP contribution is 2.26. The van der Waals surface area contributed by atoms with Gasteiger partial charge in [-0.2, -0.15) is 0 Å². The summed E-state index contributed by atoms with van der Waals surface area (Å²) in [7, 11) is 1.69. The van der Waals surface area contributed by atoms with Crippen molar-refractivity contribution in [3.63, 3.8) is 0 Å². The van der Waals surface area contributed by atoms with Crippen LogP contribution >= 0.6 is 11.6 Å². The number of imidazole rings is 1. The SMILES string of the molecule is C#CCOc1cc(-n2ccn(C)c2=O)ccc1Cl. The summed E-state index contributed by atoms with van der Waals surface area (Å²) in [6, 6.07) is 5.09. The molecule has 0 unspecified atom stereocenters. The molecule has 0 N–H and O–H groups in total. The lowest BCUT2D eigenvalue weighted by molar-refractivity contribution is 0.370. The van der Waals surface area contributed by atoms with Crippen molar-refractivity contribution in [2.24, 2.45) is 7.05 Å². The summed E-state index contributed by atoms with van der Waals surface area (Å²) in [6.07, 6.45) is 8.48. The van der Waals surface area contributed by atoms with Crippen molar-refractivity contribution in [1.29, 1.82) is 0 Å². The van der Waals surface area contributed by atoms with Crippen LogP contribution in [0.3, 0.4) is 0 Å². The van der Waals surface area contributed by atoms with E-state index in [4.69, 9.17) is 22.8 Å². The number of hydrogen-bond acceptors (Lipinski definition) is 2. The highest BCUT2D eigenvalue weighted by Gasteiger charge is 2.07. The van der Waals surface area contributed by atoms with Gasteiger partial charge in [-0.1, -0.05) is 17.5 Å². The molecule has 1 aromatic carbocycles. The maximum absolute atomic E-state index is 11.8. The molecule has 0 aliphatic heterocycles. The van der Waals surface area contributed by atoms with Crippen LogP contribution in [0.15, 0.2) is 35.4 Å². The first kappa shape index (κ1) is 12.3. The number of rotatable bonds is 3. The van der Waals surface area contributed by atoms with Crippen LogP contribution in [0.1, 0.15) is 0 Å². The molecule has 0 bridgehead atoms. The highest BCUT2D eigenvalue weighted by molar-refractivity contribution is 6.32. The van der Waals surface area contributed by atoms with Gasteiger partial charge in [-0.15, -0.1) is 6.42 Å². The normalized spacial score (nSPS) is 10.1. The number of benzene rings is 1. The lowest BCUT2D eigenvalue weighted by Crippen LogP contribution is -2.20. The molecule has 0 spiro atoms. The summed E-state index contributed by atoms with van der Waals surface area (Å²) >= 11 is 5.98. The van der Waals surface area contributed by atoms with E-state index in [1.54, 1.807) is 37.6 Å². The maximum Gasteiger partial charge on any atom is 0.332 e. The van der Waals surface area contributed by atoms with Gasteiger partial charge in [-0.05, 0) is 12.1 Å². The van der Waals surface area contributed by atoms with Crippen LogP contribution in [-0.4, -0.2) is 15.7 Å². The molecule has 0 saturated carbocycles. The summed E-state index contributed by atoms with van der Waals surface area (Å²) in [5, 5.41) is 0.456. The highest BCUT2D eigenvalue weighted by atomic mass is 35.5. The predicted molar refractivity (Wildman–Crippen MR) is 70.3 cm³/mol. The third-order valence-corrected chi connectivity index (χ3v) is 2.76. The average molecular weight is 263 g/mol. The monoisotopic (exact) mass is 262 g/mol. The minimum atomic E-state index is -0.139. The molecule has 0 atom stereocenters. The van der Waals surface area contributed by atoms with E-state index in [9.17, 15) is 4.79 Å². The first-order valence-corrected chi connectivity index (χ1v) is 5.61. The molecule has 1 aromatic heterocycles. The number of ether oxygens (including phenoxy) is 1. The van der Waals surface area contributed by atoms with Crippen LogP contribution in [0, 0.1) is 12.3 Å². The van der Waals surface area contributed by atoms with Crippen LogP contribution in [0.5, 0.6) is 5.75 Å². The summed E-state index contributed by atoms with van der Waals surface area (Å²) < 4.78 is 8.29. The van der Waals surface area contributed by atoms with Crippen molar-refractivity contribution in [1.82, 2.24) is 9.13 Å². The predicted octanol–water partition coefficient (Wildman–Crippen LogP) is 1.84. The minimum absolute atomic E-state index is 0.132. The van der Waals surface area contributed by atoms with E-state index in [1.807, 2.05) is 0 Å². The zero-order valence-corrected chi connectivity index (χ0v) is 10.5. The Hall–Kier alpha value is -2.12. The standard InChI is InChI=1S/C13H11ClN2O2/c1-3-8-18-12-9-10(4-5-11(12)14)16-7-6-15(2)13(16)17/h1,4-7,9H,8H2,2H3. The van der Waals surface area contributed by atoms with Gasteiger partial charge in [0.25, 0.3) is 0 Å². The molecule has 0 aliphatic carbocycles. The van der Waals surface area contributed by atoms with Gasteiger partial charge in [0, 0.05) is 25.5 Å². The summed E-state index contributed by atoms with van der Waals surface area (Å²) in [5.74, 6) is 2.83. The van der Waals surface area contributed by atoms with Gasteiger partial charge in [0.2, 0.25) is 0 Å². The Labute approximate surface area is 109 Å². The molecular formula is C13H11ClN2O2. The van der Waals surface area contributed by atoms with E-state index in [1.165, 1.54) is 9.13 Å². The fourth-order valence-electron chi connectivity index (χ4n) is 1.53. The number of hydrogen-bond donors (Lipinski definition) is 0. The zero-order valence-electron chi connectivity index (χ0n) is 9.76. The van der Waals surface area contributed by atoms with Gasteiger partial charge >= 0.3 is 5.69 Å². The molecular weight excluding hydrogens is 252 g/mol. The van der Waals surface area contributed by atoms with Crippen LogP contribution in [0.4, 0.5) is 0 Å². The molecule has 0 aliphatic rings. The van der Waals surface area contributed by atoms with Gasteiger partial charge < -0.3 is 9.30 Å². The average Bonchev–Trinajstić information content (AvgIpc) is 2.69. The Kier molecular flexibility index (Phi) is 3.45. The van der Waals surface area contributed by atoms with Crippen molar-refractivity contribution in [2.45, 2.75) is 0 Å². The molecule has 0 radical (unpaired) electrons. The Morgan fingerprint density at radius 2 is 2.22 bits per heavy atom. The molecule has 0 saturated heterocycles. The van der Waals surface area contributed by atoms with Crippen molar-refractivity contribution in [3.8, 4) is 23.8 Å². The molecule has 0 fully saturated rings. The summed E-state index contributed by atoms with van der Waals surface area (Å²) in [5.41, 5.74) is 0.539. The van der Waals surface area contributed by atoms with E-state index in [0.29, 0.717) is 16.5 Å². The molecule has 2 aromatic rings. The zero-order chi connectivity index (χ0) is 13.1. The third-order valence-electron chi connectivity index (χ3n) is 2.45. The first-order chi connectivity index (χ1) is 8.63. The Bertz CT molecular complexity index is 664. The largest absolute Gasteiger partial charge is 0.479 e. The Morgan fingerprint density at radius 1 is 1.44 bits per heavy atom. The molecule has 5 heteroatoms. The van der Waals surface area contributed by atoms with E-state index < -0.39 is 0 Å². The second-order valence-corrected chi connectivity index (χ2v) is 4.08. The van der Waals surface area contributed by atoms with Crippen molar-refractivity contribution < 1.29 is 4.74 Å². The number of halogens is 1. The fraction of sp³-hybridized carbons (Fsp3) is 0.154. The molecule has 4 nitrogen and oxygen atoms in total. The van der Waals surface area contributed by atoms with Crippen molar-refractivity contribution >= 4 is 11.6 Å². The van der Waals surface area contributed by atoms with E-state index in [-0.39, 0.29) is 12.3 Å². The second-order valence-electron chi connectivity index (χ2n) is 3.67. The van der Waals surface area contributed by atoms with Crippen LogP contribution in [0.25, 0.3) is 5.69 Å².